The van der Waals surface area contributed by atoms with E-state index in [2.05, 4.69) is 22.5 Å². The number of aromatic nitrogens is 2. The molecule has 4 nitrogen and oxygen atoms in total. The lowest BCUT2D eigenvalue weighted by atomic mass is 10.0. The number of benzene rings is 3. The first-order chi connectivity index (χ1) is 15.1. The molecule has 0 spiro atoms. The second-order valence-electron chi connectivity index (χ2n) is 7.26. The topological polar surface area (TPSA) is 46.9 Å². The Hall–Kier alpha value is -3.99. The van der Waals surface area contributed by atoms with Crippen molar-refractivity contribution in [3.63, 3.8) is 0 Å². The predicted octanol–water partition coefficient (Wildman–Crippen LogP) is 5.47. The maximum Gasteiger partial charge on any atom is 0.248 e. The minimum Gasteiger partial charge on any atom is -0.323 e. The highest BCUT2D eigenvalue weighted by atomic mass is 19.1. The zero-order valence-electron chi connectivity index (χ0n) is 17.1. The van der Waals surface area contributed by atoms with Gasteiger partial charge in [0.25, 0.3) is 0 Å². The SMILES string of the molecule is Cn1ncc(C=CC(=O)Nc2ccc(Cc3ccccc3)cc2)c1-c1ccc(F)cc1. The van der Waals surface area contributed by atoms with E-state index in [1.54, 1.807) is 29.1 Å². The van der Waals surface area contributed by atoms with E-state index < -0.39 is 0 Å². The summed E-state index contributed by atoms with van der Waals surface area (Å²) in [5, 5.41) is 7.14. The molecule has 1 heterocycles. The van der Waals surface area contributed by atoms with Crippen molar-refractivity contribution in [2.45, 2.75) is 6.42 Å². The van der Waals surface area contributed by atoms with Crippen LogP contribution in [0, 0.1) is 5.82 Å². The van der Waals surface area contributed by atoms with Gasteiger partial charge in [-0.05, 0) is 60.0 Å². The van der Waals surface area contributed by atoms with Crippen LogP contribution >= 0.6 is 0 Å². The van der Waals surface area contributed by atoms with Crippen LogP contribution < -0.4 is 5.32 Å². The van der Waals surface area contributed by atoms with Gasteiger partial charge in [-0.2, -0.15) is 5.10 Å². The average Bonchev–Trinajstić information content (AvgIpc) is 3.15. The van der Waals surface area contributed by atoms with Crippen LogP contribution in [-0.2, 0) is 18.3 Å². The van der Waals surface area contributed by atoms with Gasteiger partial charge in [0.2, 0.25) is 5.91 Å². The van der Waals surface area contributed by atoms with Crippen LogP contribution in [0.1, 0.15) is 16.7 Å². The largest absolute Gasteiger partial charge is 0.323 e. The Morgan fingerprint density at radius 3 is 2.35 bits per heavy atom. The molecule has 0 aliphatic carbocycles. The molecular weight excluding hydrogens is 389 g/mol. The van der Waals surface area contributed by atoms with E-state index in [9.17, 15) is 9.18 Å². The molecule has 0 fully saturated rings. The fraction of sp³-hybridized carbons (Fsp3) is 0.0769. The van der Waals surface area contributed by atoms with Crippen LogP contribution in [0.3, 0.4) is 0 Å². The van der Waals surface area contributed by atoms with Gasteiger partial charge in [-0.25, -0.2) is 4.39 Å². The molecule has 0 bridgehead atoms. The van der Waals surface area contributed by atoms with Crippen LogP contribution in [0.2, 0.25) is 0 Å². The fourth-order valence-electron chi connectivity index (χ4n) is 3.42. The number of carbonyl (C=O) groups is 1. The summed E-state index contributed by atoms with van der Waals surface area (Å²) >= 11 is 0. The lowest BCUT2D eigenvalue weighted by molar-refractivity contribution is -0.111. The Balaban J connectivity index is 1.42. The van der Waals surface area contributed by atoms with Gasteiger partial charge < -0.3 is 5.32 Å². The molecule has 4 aromatic rings. The van der Waals surface area contributed by atoms with Gasteiger partial charge in [-0.3, -0.25) is 9.48 Å². The highest BCUT2D eigenvalue weighted by Crippen LogP contribution is 2.24. The second-order valence-corrected chi connectivity index (χ2v) is 7.26. The highest BCUT2D eigenvalue weighted by Gasteiger charge is 2.09. The molecule has 4 rings (SSSR count). The third-order valence-corrected chi connectivity index (χ3v) is 4.97. The molecule has 31 heavy (non-hydrogen) atoms. The third-order valence-electron chi connectivity index (χ3n) is 4.97. The van der Waals surface area contributed by atoms with E-state index in [-0.39, 0.29) is 11.7 Å². The molecule has 1 amide bonds. The number of carbonyl (C=O) groups excluding carboxylic acids is 1. The Morgan fingerprint density at radius 1 is 0.968 bits per heavy atom. The Kier molecular flexibility index (Phi) is 6.03. The van der Waals surface area contributed by atoms with Crippen molar-refractivity contribution in [1.82, 2.24) is 9.78 Å². The van der Waals surface area contributed by atoms with E-state index in [4.69, 9.17) is 0 Å². The van der Waals surface area contributed by atoms with Crippen LogP contribution in [0.15, 0.2) is 91.1 Å². The molecule has 0 radical (unpaired) electrons. The van der Waals surface area contributed by atoms with Crippen molar-refractivity contribution in [2.24, 2.45) is 7.05 Å². The number of hydrogen-bond acceptors (Lipinski definition) is 2. The third kappa shape index (κ3) is 5.14. The molecule has 0 aliphatic heterocycles. The number of rotatable bonds is 6. The van der Waals surface area contributed by atoms with Gasteiger partial charge in [0, 0.05) is 29.9 Å². The molecule has 154 valence electrons. The number of nitrogens with one attached hydrogen (secondary N) is 1. The Labute approximate surface area is 180 Å². The van der Waals surface area contributed by atoms with E-state index >= 15 is 0 Å². The average molecular weight is 411 g/mol. The first kappa shape index (κ1) is 20.3. The maximum absolute atomic E-state index is 13.2. The molecule has 0 atom stereocenters. The summed E-state index contributed by atoms with van der Waals surface area (Å²) in [6.07, 6.45) is 5.72. The fourth-order valence-corrected chi connectivity index (χ4v) is 3.42. The van der Waals surface area contributed by atoms with Crippen LogP contribution in [-0.4, -0.2) is 15.7 Å². The minimum absolute atomic E-state index is 0.232. The quantitative estimate of drug-likeness (QED) is 0.428. The van der Waals surface area contributed by atoms with E-state index in [1.807, 2.05) is 49.5 Å². The number of amides is 1. The normalized spacial score (nSPS) is 11.0. The van der Waals surface area contributed by atoms with Crippen LogP contribution in [0.5, 0.6) is 0 Å². The van der Waals surface area contributed by atoms with Crippen molar-refractivity contribution in [1.29, 1.82) is 0 Å². The number of aryl methyl sites for hydroxylation is 1. The number of hydrogen-bond donors (Lipinski definition) is 1. The van der Waals surface area contributed by atoms with Crippen molar-refractivity contribution in [3.05, 3.63) is 114 Å². The molecule has 0 saturated heterocycles. The molecule has 1 aromatic heterocycles. The highest BCUT2D eigenvalue weighted by molar-refractivity contribution is 6.02. The summed E-state index contributed by atoms with van der Waals surface area (Å²) in [6.45, 7) is 0. The standard InChI is InChI=1S/C26H22FN3O/c1-30-26(21-9-12-23(27)13-10-21)22(18-28-30)11-16-25(31)29-24-14-7-20(8-15-24)17-19-5-3-2-4-6-19/h2-16,18H,17H2,1H3,(H,29,31). The van der Waals surface area contributed by atoms with Gasteiger partial charge in [0.05, 0.1) is 11.9 Å². The van der Waals surface area contributed by atoms with Gasteiger partial charge in [0.1, 0.15) is 5.82 Å². The number of nitrogens with zero attached hydrogens (tertiary/aromatic N) is 2. The summed E-state index contributed by atoms with van der Waals surface area (Å²) in [5.74, 6) is -0.526. The first-order valence-corrected chi connectivity index (χ1v) is 9.98. The maximum atomic E-state index is 13.2. The van der Waals surface area contributed by atoms with Gasteiger partial charge >= 0.3 is 0 Å². The molecule has 0 saturated carbocycles. The zero-order chi connectivity index (χ0) is 21.6. The monoisotopic (exact) mass is 411 g/mol. The minimum atomic E-state index is -0.294. The molecule has 5 heteroatoms. The lowest BCUT2D eigenvalue weighted by Crippen LogP contribution is -2.07. The number of halogens is 1. The summed E-state index contributed by atoms with van der Waals surface area (Å²) in [5.41, 5.74) is 5.58. The van der Waals surface area contributed by atoms with E-state index in [0.717, 1.165) is 28.9 Å². The zero-order valence-corrected chi connectivity index (χ0v) is 17.1. The molecule has 0 aliphatic rings. The van der Waals surface area contributed by atoms with Crippen LogP contribution in [0.25, 0.3) is 17.3 Å². The summed E-state index contributed by atoms with van der Waals surface area (Å²) in [4.78, 5) is 12.4. The number of anilines is 1. The van der Waals surface area contributed by atoms with E-state index in [0.29, 0.717) is 0 Å². The van der Waals surface area contributed by atoms with E-state index in [1.165, 1.54) is 29.3 Å². The van der Waals surface area contributed by atoms with Gasteiger partial charge in [-0.1, -0.05) is 42.5 Å². The van der Waals surface area contributed by atoms with Crippen molar-refractivity contribution in [2.75, 3.05) is 5.32 Å². The lowest BCUT2D eigenvalue weighted by Gasteiger charge is -2.06. The van der Waals surface area contributed by atoms with Crippen molar-refractivity contribution >= 4 is 17.7 Å². The first-order valence-electron chi connectivity index (χ1n) is 9.98. The molecular formula is C26H22FN3O. The Bertz CT molecular complexity index is 1190. The van der Waals surface area contributed by atoms with Gasteiger partial charge in [0.15, 0.2) is 0 Å². The summed E-state index contributed by atoms with van der Waals surface area (Å²) in [7, 11) is 1.81. The smallest absolute Gasteiger partial charge is 0.248 e. The summed E-state index contributed by atoms with van der Waals surface area (Å²) in [6, 6.07) is 24.3. The second kappa shape index (κ2) is 9.22. The molecule has 0 unspecified atom stereocenters. The predicted molar refractivity (Wildman–Crippen MR) is 122 cm³/mol. The van der Waals surface area contributed by atoms with Crippen LogP contribution in [0.4, 0.5) is 10.1 Å². The van der Waals surface area contributed by atoms with Gasteiger partial charge in [-0.15, -0.1) is 0 Å². The Morgan fingerprint density at radius 2 is 1.65 bits per heavy atom. The molecule has 1 N–H and O–H groups in total. The van der Waals surface area contributed by atoms with Crippen molar-refractivity contribution < 1.29 is 9.18 Å². The van der Waals surface area contributed by atoms with Crippen molar-refractivity contribution in [3.8, 4) is 11.3 Å². The summed E-state index contributed by atoms with van der Waals surface area (Å²) < 4.78 is 14.9. The molecule has 3 aromatic carbocycles.